The molecule has 5 nitrogen and oxygen atoms in total. The Morgan fingerprint density at radius 1 is 1.21 bits per heavy atom. The van der Waals surface area contributed by atoms with Gasteiger partial charge in [0.05, 0.1) is 23.6 Å². The van der Waals surface area contributed by atoms with Crippen molar-refractivity contribution in [2.24, 2.45) is 0 Å². The van der Waals surface area contributed by atoms with E-state index >= 15 is 0 Å². The molecule has 3 heterocycles. The zero-order valence-corrected chi connectivity index (χ0v) is 12.4. The third kappa shape index (κ3) is 2.44. The number of nitrogens with one attached hydrogen (secondary N) is 2. The van der Waals surface area contributed by atoms with Gasteiger partial charge in [0.15, 0.2) is 0 Å². The maximum atomic E-state index is 13.2. The number of nitrogens with zero attached hydrogens (tertiary/aromatic N) is 2. The number of benzene rings is 1. The molecule has 1 aliphatic rings. The van der Waals surface area contributed by atoms with Crippen LogP contribution in [0, 0.1) is 0 Å². The molecule has 8 heteroatoms. The molecule has 0 fully saturated rings. The standard InChI is InChI=1S/C16H13F3N4O/c17-16(18,19)10-7-20-14-13(10)15(22-8-21-14)23-11-5-6-24-12-4-2-1-3-9(11)12/h1-4,7-8,11H,5-6H2,(H2,20,21,22,23)/t11-/m0/s1. The number of aromatic amines is 1. The smallest absolute Gasteiger partial charge is 0.418 e. The number of aromatic nitrogens is 3. The molecular weight excluding hydrogens is 321 g/mol. The van der Waals surface area contributed by atoms with Crippen LogP contribution in [0.5, 0.6) is 5.75 Å². The lowest BCUT2D eigenvalue weighted by atomic mass is 10.0. The first-order chi connectivity index (χ1) is 11.5. The summed E-state index contributed by atoms with van der Waals surface area (Å²) in [7, 11) is 0. The summed E-state index contributed by atoms with van der Waals surface area (Å²) in [6.45, 7) is 0.488. The van der Waals surface area contributed by atoms with Gasteiger partial charge in [0.25, 0.3) is 0 Å². The maximum Gasteiger partial charge on any atom is 0.418 e. The second kappa shape index (κ2) is 5.40. The van der Waals surface area contributed by atoms with Crippen LogP contribution in [0.1, 0.15) is 23.6 Å². The summed E-state index contributed by atoms with van der Waals surface area (Å²) < 4.78 is 45.3. The molecule has 0 aliphatic carbocycles. The summed E-state index contributed by atoms with van der Waals surface area (Å²) in [5.41, 5.74) is 0.278. The number of alkyl halides is 3. The Kier molecular flexibility index (Phi) is 3.33. The van der Waals surface area contributed by atoms with Crippen LogP contribution in [0.25, 0.3) is 11.0 Å². The number of hydrogen-bond donors (Lipinski definition) is 2. The lowest BCUT2D eigenvalue weighted by Gasteiger charge is -2.27. The summed E-state index contributed by atoms with van der Waals surface area (Å²) in [5, 5.41) is 3.08. The molecule has 1 aromatic carbocycles. The summed E-state index contributed by atoms with van der Waals surface area (Å²) in [6.07, 6.45) is -1.68. The van der Waals surface area contributed by atoms with Gasteiger partial charge in [0, 0.05) is 18.2 Å². The van der Waals surface area contributed by atoms with Gasteiger partial charge in [-0.3, -0.25) is 0 Å². The summed E-state index contributed by atoms with van der Waals surface area (Å²) in [4.78, 5) is 10.5. The minimum Gasteiger partial charge on any atom is -0.493 e. The van der Waals surface area contributed by atoms with E-state index < -0.39 is 11.7 Å². The van der Waals surface area contributed by atoms with E-state index in [0.29, 0.717) is 13.0 Å². The van der Waals surface area contributed by atoms with Gasteiger partial charge in [0.1, 0.15) is 23.5 Å². The predicted molar refractivity (Wildman–Crippen MR) is 81.8 cm³/mol. The highest BCUT2D eigenvalue weighted by Gasteiger charge is 2.35. The largest absolute Gasteiger partial charge is 0.493 e. The fourth-order valence-electron chi connectivity index (χ4n) is 2.95. The molecule has 0 saturated heterocycles. The quantitative estimate of drug-likeness (QED) is 0.746. The minimum absolute atomic E-state index is 0.0472. The second-order valence-electron chi connectivity index (χ2n) is 5.52. The van der Waals surface area contributed by atoms with Crippen LogP contribution in [0.15, 0.2) is 36.8 Å². The number of rotatable bonds is 2. The molecule has 0 radical (unpaired) electrons. The highest BCUT2D eigenvalue weighted by atomic mass is 19.4. The molecule has 0 unspecified atom stereocenters. The maximum absolute atomic E-state index is 13.2. The van der Waals surface area contributed by atoms with Crippen LogP contribution in [-0.4, -0.2) is 21.6 Å². The number of fused-ring (bicyclic) bond motifs is 2. The molecule has 3 aromatic rings. The van der Waals surface area contributed by atoms with E-state index in [1.807, 2.05) is 24.3 Å². The molecule has 124 valence electrons. The number of halogens is 3. The number of H-pyrrole nitrogens is 1. The highest BCUT2D eigenvalue weighted by Crippen LogP contribution is 2.39. The Hall–Kier alpha value is -2.77. The Morgan fingerprint density at radius 3 is 2.88 bits per heavy atom. The van der Waals surface area contributed by atoms with E-state index in [9.17, 15) is 13.2 Å². The van der Waals surface area contributed by atoms with Crippen LogP contribution < -0.4 is 10.1 Å². The van der Waals surface area contributed by atoms with Gasteiger partial charge >= 0.3 is 6.18 Å². The van der Waals surface area contributed by atoms with Crippen molar-refractivity contribution in [1.82, 2.24) is 15.0 Å². The highest BCUT2D eigenvalue weighted by molar-refractivity contribution is 5.91. The van der Waals surface area contributed by atoms with E-state index in [4.69, 9.17) is 4.74 Å². The van der Waals surface area contributed by atoms with Crippen molar-refractivity contribution in [1.29, 1.82) is 0 Å². The fourth-order valence-corrected chi connectivity index (χ4v) is 2.95. The van der Waals surface area contributed by atoms with Crippen LogP contribution in [0.2, 0.25) is 0 Å². The molecule has 24 heavy (non-hydrogen) atoms. The Bertz CT molecular complexity index is 890. The van der Waals surface area contributed by atoms with Crippen LogP contribution in [0.3, 0.4) is 0 Å². The summed E-state index contributed by atoms with van der Waals surface area (Å²) in [5.74, 6) is 0.895. The molecule has 2 aromatic heterocycles. The van der Waals surface area contributed by atoms with Crippen LogP contribution >= 0.6 is 0 Å². The summed E-state index contributed by atoms with van der Waals surface area (Å²) >= 11 is 0. The van der Waals surface area contributed by atoms with Gasteiger partial charge in [-0.1, -0.05) is 18.2 Å². The van der Waals surface area contributed by atoms with E-state index in [1.54, 1.807) is 0 Å². The van der Waals surface area contributed by atoms with E-state index in [2.05, 4.69) is 20.3 Å². The minimum atomic E-state index is -4.48. The Labute approximate surface area is 134 Å². The molecule has 1 atom stereocenters. The van der Waals surface area contributed by atoms with Gasteiger partial charge in [-0.2, -0.15) is 13.2 Å². The second-order valence-corrected chi connectivity index (χ2v) is 5.52. The molecular formula is C16H13F3N4O. The van der Waals surface area contributed by atoms with E-state index in [0.717, 1.165) is 17.5 Å². The number of anilines is 1. The van der Waals surface area contributed by atoms with Crippen molar-refractivity contribution in [3.63, 3.8) is 0 Å². The van der Waals surface area contributed by atoms with Crippen LogP contribution in [0.4, 0.5) is 19.0 Å². The Balaban J connectivity index is 1.77. The molecule has 4 rings (SSSR count). The van der Waals surface area contributed by atoms with Gasteiger partial charge in [-0.05, 0) is 6.07 Å². The zero-order valence-electron chi connectivity index (χ0n) is 12.4. The monoisotopic (exact) mass is 334 g/mol. The third-order valence-corrected chi connectivity index (χ3v) is 4.04. The molecule has 0 spiro atoms. The molecule has 0 saturated carbocycles. The summed E-state index contributed by atoms with van der Waals surface area (Å²) in [6, 6.07) is 7.29. The first-order valence-corrected chi connectivity index (χ1v) is 7.41. The molecule has 1 aliphatic heterocycles. The van der Waals surface area contributed by atoms with Crippen molar-refractivity contribution >= 4 is 16.9 Å². The average Bonchev–Trinajstić information content (AvgIpc) is 3.01. The normalized spacial score (nSPS) is 17.4. The molecule has 2 N–H and O–H groups in total. The average molecular weight is 334 g/mol. The SMILES string of the molecule is FC(F)(F)c1c[nH]c2ncnc(N[C@H]3CCOc4ccccc43)c12. The van der Waals surface area contributed by atoms with E-state index in [-0.39, 0.29) is 22.9 Å². The van der Waals surface area contributed by atoms with Crippen molar-refractivity contribution in [3.05, 3.63) is 47.9 Å². The number of ether oxygens (including phenoxy) is 1. The first kappa shape index (κ1) is 14.8. The lowest BCUT2D eigenvalue weighted by Crippen LogP contribution is -2.21. The molecule has 0 amide bonds. The third-order valence-electron chi connectivity index (χ3n) is 4.04. The first-order valence-electron chi connectivity index (χ1n) is 7.41. The fraction of sp³-hybridized carbons (Fsp3) is 0.250. The number of para-hydroxylation sites is 1. The van der Waals surface area contributed by atoms with Gasteiger partial charge < -0.3 is 15.0 Å². The zero-order chi connectivity index (χ0) is 16.7. The van der Waals surface area contributed by atoms with Gasteiger partial charge in [-0.15, -0.1) is 0 Å². The molecule has 0 bridgehead atoms. The predicted octanol–water partition coefficient (Wildman–Crippen LogP) is 3.91. The van der Waals surface area contributed by atoms with Crippen molar-refractivity contribution in [3.8, 4) is 5.75 Å². The van der Waals surface area contributed by atoms with Crippen molar-refractivity contribution in [2.75, 3.05) is 11.9 Å². The van der Waals surface area contributed by atoms with Gasteiger partial charge in [-0.25, -0.2) is 9.97 Å². The van der Waals surface area contributed by atoms with Crippen molar-refractivity contribution < 1.29 is 17.9 Å². The van der Waals surface area contributed by atoms with Crippen molar-refractivity contribution in [2.45, 2.75) is 18.6 Å². The number of hydrogen-bond acceptors (Lipinski definition) is 4. The topological polar surface area (TPSA) is 62.8 Å². The van der Waals surface area contributed by atoms with Crippen LogP contribution in [-0.2, 0) is 6.18 Å². The lowest BCUT2D eigenvalue weighted by molar-refractivity contribution is -0.136. The van der Waals surface area contributed by atoms with E-state index in [1.165, 1.54) is 6.33 Å². The van der Waals surface area contributed by atoms with Gasteiger partial charge in [0.2, 0.25) is 0 Å². The Morgan fingerprint density at radius 2 is 2.04 bits per heavy atom.